The third-order valence-electron chi connectivity index (χ3n) is 3.13. The zero-order chi connectivity index (χ0) is 12.3. The van der Waals surface area contributed by atoms with E-state index in [1.165, 1.54) is 11.1 Å². The first-order valence-electron chi connectivity index (χ1n) is 6.19. The molecule has 0 amide bonds. The van der Waals surface area contributed by atoms with Gasteiger partial charge in [0.15, 0.2) is 0 Å². The van der Waals surface area contributed by atoms with Crippen LogP contribution >= 0.6 is 0 Å². The number of hydrogen-bond donors (Lipinski definition) is 0. The molecule has 0 spiro atoms. The van der Waals surface area contributed by atoms with E-state index in [0.717, 1.165) is 0 Å². The van der Waals surface area contributed by atoms with Crippen molar-refractivity contribution in [3.05, 3.63) is 71.8 Å². The summed E-state index contributed by atoms with van der Waals surface area (Å²) in [5, 5.41) is 0. The van der Waals surface area contributed by atoms with Crippen molar-refractivity contribution in [3.63, 3.8) is 0 Å². The molecule has 0 aliphatic heterocycles. The molecule has 2 rings (SSSR count). The van der Waals surface area contributed by atoms with E-state index < -0.39 is 13.3 Å². The molecule has 0 radical (unpaired) electrons. The third-order valence-corrected chi connectivity index (χ3v) is 8.16. The second kappa shape index (κ2) is 5.09. The number of hydrogen-bond acceptors (Lipinski definition) is 0. The van der Waals surface area contributed by atoms with Crippen LogP contribution in [0.2, 0.25) is 17.3 Å². The molecule has 0 fully saturated rings. The molecule has 0 aliphatic rings. The maximum atomic E-state index is 2.49. The molecule has 0 heterocycles. The molecule has 1 heteroatoms. The van der Waals surface area contributed by atoms with Crippen LogP contribution in [0.25, 0.3) is 0 Å². The molecule has 0 unspecified atom stereocenters. The fourth-order valence-corrected chi connectivity index (χ4v) is 7.49. The summed E-state index contributed by atoms with van der Waals surface area (Å²) in [5.41, 5.74) is 2.96. The maximum absolute atomic E-state index is 2.49. The van der Waals surface area contributed by atoms with Crippen molar-refractivity contribution in [2.24, 2.45) is 0 Å². The Bertz CT molecular complexity index is 414. The summed E-state index contributed by atoms with van der Waals surface area (Å²) in [4.78, 5) is 0. The molecular weight excluding hydrogens is 265 g/mol. The molecule has 88 valence electrons. The Morgan fingerprint density at radius 1 is 0.647 bits per heavy atom. The van der Waals surface area contributed by atoms with Crippen LogP contribution in [-0.2, 0) is 0 Å². The molecular formula is C16H20Ge. The van der Waals surface area contributed by atoms with Crippen molar-refractivity contribution in [1.82, 2.24) is 0 Å². The summed E-state index contributed by atoms with van der Waals surface area (Å²) in [6.07, 6.45) is 0. The van der Waals surface area contributed by atoms with Crippen LogP contribution < -0.4 is 0 Å². The summed E-state index contributed by atoms with van der Waals surface area (Å²) in [5.74, 6) is 7.47. The van der Waals surface area contributed by atoms with Gasteiger partial charge in [-0.2, -0.15) is 0 Å². The van der Waals surface area contributed by atoms with Crippen LogP contribution in [0.5, 0.6) is 0 Å². The zero-order valence-electron chi connectivity index (χ0n) is 10.9. The summed E-state index contributed by atoms with van der Waals surface area (Å²) >= 11 is -1.79. The first-order valence-corrected chi connectivity index (χ1v) is 13.7. The van der Waals surface area contributed by atoms with Crippen LogP contribution in [0.4, 0.5) is 0 Å². The Morgan fingerprint density at radius 3 is 1.29 bits per heavy atom. The van der Waals surface area contributed by atoms with Gasteiger partial charge < -0.3 is 0 Å². The van der Waals surface area contributed by atoms with Crippen LogP contribution in [0, 0.1) is 0 Å². The van der Waals surface area contributed by atoms with Crippen LogP contribution in [0.1, 0.15) is 15.9 Å². The fourth-order valence-electron chi connectivity index (χ4n) is 2.48. The SMILES string of the molecule is [CH3][Ge]([CH3])([CH3])[CH](c1ccccc1)c1ccccc1. The molecule has 0 atom stereocenters. The molecule has 0 aromatic heterocycles. The van der Waals surface area contributed by atoms with Crippen LogP contribution in [0.3, 0.4) is 0 Å². The molecule has 17 heavy (non-hydrogen) atoms. The standard InChI is InChI=1S/C16H20Ge/c1-17(2,3)16(14-10-6-4-7-11-14)15-12-8-5-9-13-15/h4-13,16H,1-3H3. The van der Waals surface area contributed by atoms with Gasteiger partial charge in [0, 0.05) is 0 Å². The normalized spacial score (nSPS) is 11.8. The predicted octanol–water partition coefficient (Wildman–Crippen LogP) is 4.70. The van der Waals surface area contributed by atoms with Crippen molar-refractivity contribution in [3.8, 4) is 0 Å². The van der Waals surface area contributed by atoms with Gasteiger partial charge in [-0.3, -0.25) is 0 Å². The third kappa shape index (κ3) is 3.01. The van der Waals surface area contributed by atoms with Crippen molar-refractivity contribution >= 4 is 13.3 Å². The molecule has 2 aromatic carbocycles. The number of benzene rings is 2. The Balaban J connectivity index is 2.48. The van der Waals surface area contributed by atoms with E-state index in [1.807, 2.05) is 0 Å². The Labute approximate surface area is 107 Å². The van der Waals surface area contributed by atoms with E-state index in [-0.39, 0.29) is 0 Å². The van der Waals surface area contributed by atoms with Gasteiger partial charge in [0.25, 0.3) is 0 Å². The zero-order valence-corrected chi connectivity index (χ0v) is 12.9. The van der Waals surface area contributed by atoms with E-state index in [2.05, 4.69) is 77.9 Å². The topological polar surface area (TPSA) is 0 Å². The monoisotopic (exact) mass is 286 g/mol. The molecule has 0 saturated carbocycles. The van der Waals surface area contributed by atoms with Gasteiger partial charge in [0.05, 0.1) is 0 Å². The van der Waals surface area contributed by atoms with Crippen LogP contribution in [0.15, 0.2) is 60.7 Å². The molecule has 0 N–H and O–H groups in total. The molecule has 0 nitrogen and oxygen atoms in total. The van der Waals surface area contributed by atoms with Gasteiger partial charge in [-0.1, -0.05) is 0 Å². The average Bonchev–Trinajstić information content (AvgIpc) is 2.30. The minimum absolute atomic E-state index is 0.636. The Morgan fingerprint density at radius 2 is 1.00 bits per heavy atom. The van der Waals surface area contributed by atoms with Gasteiger partial charge in [0.1, 0.15) is 0 Å². The van der Waals surface area contributed by atoms with Gasteiger partial charge in [-0.25, -0.2) is 0 Å². The van der Waals surface area contributed by atoms with Gasteiger partial charge >= 0.3 is 107 Å². The quantitative estimate of drug-likeness (QED) is 0.717. The second-order valence-corrected chi connectivity index (χ2v) is 16.8. The van der Waals surface area contributed by atoms with E-state index in [4.69, 9.17) is 0 Å². The first kappa shape index (κ1) is 12.4. The van der Waals surface area contributed by atoms with E-state index in [9.17, 15) is 0 Å². The van der Waals surface area contributed by atoms with Crippen molar-refractivity contribution in [2.75, 3.05) is 0 Å². The Kier molecular flexibility index (Phi) is 3.73. The van der Waals surface area contributed by atoms with Crippen molar-refractivity contribution in [2.45, 2.75) is 22.0 Å². The summed E-state index contributed by atoms with van der Waals surface area (Å²) < 4.78 is 0.636. The number of rotatable bonds is 3. The second-order valence-electron chi connectivity index (χ2n) is 5.62. The van der Waals surface area contributed by atoms with E-state index in [0.29, 0.717) is 4.75 Å². The van der Waals surface area contributed by atoms with Gasteiger partial charge in [0.2, 0.25) is 0 Å². The average molecular weight is 285 g/mol. The Hall–Kier alpha value is -1.02. The summed E-state index contributed by atoms with van der Waals surface area (Å²) in [6.45, 7) is 0. The molecule has 0 aliphatic carbocycles. The van der Waals surface area contributed by atoms with Crippen molar-refractivity contribution < 1.29 is 0 Å². The van der Waals surface area contributed by atoms with E-state index >= 15 is 0 Å². The van der Waals surface area contributed by atoms with E-state index in [1.54, 1.807) is 0 Å². The van der Waals surface area contributed by atoms with Crippen molar-refractivity contribution in [1.29, 1.82) is 0 Å². The minimum atomic E-state index is -1.79. The molecule has 2 aromatic rings. The fraction of sp³-hybridized carbons (Fsp3) is 0.250. The predicted molar refractivity (Wildman–Crippen MR) is 78.1 cm³/mol. The summed E-state index contributed by atoms with van der Waals surface area (Å²) in [7, 11) is 0. The van der Waals surface area contributed by atoms with Crippen LogP contribution in [-0.4, -0.2) is 13.3 Å². The molecule has 0 bridgehead atoms. The summed E-state index contributed by atoms with van der Waals surface area (Å²) in [6, 6.07) is 21.9. The van der Waals surface area contributed by atoms with Gasteiger partial charge in [-0.15, -0.1) is 0 Å². The van der Waals surface area contributed by atoms with Gasteiger partial charge in [-0.05, 0) is 0 Å². The molecule has 0 saturated heterocycles. The first-order chi connectivity index (χ1) is 8.09.